The number of unbranched alkanes of at least 4 members (excludes halogenated alkanes) is 7. The van der Waals surface area contributed by atoms with Crippen molar-refractivity contribution in [2.45, 2.75) is 91.4 Å². The summed E-state index contributed by atoms with van der Waals surface area (Å²) in [5.74, 6) is -1.26. The number of carbonyl (C=O) groups excluding carboxylic acids is 1. The average Bonchev–Trinajstić information content (AvgIpc) is 2.59. The van der Waals surface area contributed by atoms with E-state index >= 15 is 0 Å². The summed E-state index contributed by atoms with van der Waals surface area (Å²) in [6, 6.07) is 0. The summed E-state index contributed by atoms with van der Waals surface area (Å²) in [6.07, 6.45) is 15.8. The number of carbonyl (C=O) groups is 2. The van der Waals surface area contributed by atoms with E-state index in [4.69, 9.17) is 5.11 Å². The zero-order chi connectivity index (χ0) is 18.9. The molecule has 0 saturated heterocycles. The van der Waals surface area contributed by atoms with Gasteiger partial charge in [0.05, 0.1) is 6.42 Å². The molecule has 0 aromatic rings. The maximum absolute atomic E-state index is 12.4. The standard InChI is InChI=1S/C21H39NO3/c1-4-7-8-9-10-11-12-13-14-15-16-17-19(18-20(23)24)21(25)22(5-2)6-3/h12-13,19H,4-11,14-18H2,1-3H3,(H,23,24)/b13-12+. The molecule has 1 atom stereocenters. The zero-order valence-electron chi connectivity index (χ0n) is 16.6. The second-order valence-electron chi connectivity index (χ2n) is 6.76. The minimum absolute atomic E-state index is 0.00461. The Morgan fingerprint density at radius 2 is 1.44 bits per heavy atom. The topological polar surface area (TPSA) is 57.6 Å². The lowest BCUT2D eigenvalue weighted by atomic mass is 9.96. The first-order valence-electron chi connectivity index (χ1n) is 10.2. The predicted octanol–water partition coefficient (Wildman–Crippen LogP) is 5.42. The number of amides is 1. The molecule has 0 aliphatic heterocycles. The fourth-order valence-electron chi connectivity index (χ4n) is 3.07. The van der Waals surface area contributed by atoms with Crippen LogP contribution in [0.5, 0.6) is 0 Å². The van der Waals surface area contributed by atoms with Gasteiger partial charge in [-0.25, -0.2) is 0 Å². The van der Waals surface area contributed by atoms with Crippen molar-refractivity contribution in [2.24, 2.45) is 5.92 Å². The third kappa shape index (κ3) is 12.7. The van der Waals surface area contributed by atoms with Crippen LogP contribution < -0.4 is 0 Å². The van der Waals surface area contributed by atoms with Gasteiger partial charge < -0.3 is 10.0 Å². The maximum atomic E-state index is 12.4. The van der Waals surface area contributed by atoms with Crippen LogP contribution in [0.2, 0.25) is 0 Å². The Morgan fingerprint density at radius 1 is 0.880 bits per heavy atom. The van der Waals surface area contributed by atoms with Crippen molar-refractivity contribution in [1.29, 1.82) is 0 Å². The molecule has 0 aliphatic carbocycles. The molecule has 0 heterocycles. The first-order chi connectivity index (χ1) is 12.1. The van der Waals surface area contributed by atoms with Gasteiger partial charge in [-0.3, -0.25) is 9.59 Å². The summed E-state index contributed by atoms with van der Waals surface area (Å²) in [4.78, 5) is 25.2. The summed E-state index contributed by atoms with van der Waals surface area (Å²) in [6.45, 7) is 7.40. The van der Waals surface area contributed by atoms with Crippen LogP contribution in [0.3, 0.4) is 0 Å². The fourth-order valence-corrected chi connectivity index (χ4v) is 3.07. The number of nitrogens with zero attached hydrogens (tertiary/aromatic N) is 1. The molecule has 0 aromatic heterocycles. The number of carboxylic acids is 1. The van der Waals surface area contributed by atoms with Crippen LogP contribution >= 0.6 is 0 Å². The number of hydrogen-bond donors (Lipinski definition) is 1. The number of carboxylic acid groups (broad SMARTS) is 1. The molecule has 0 aliphatic rings. The van der Waals surface area contributed by atoms with Crippen molar-refractivity contribution in [3.05, 3.63) is 12.2 Å². The van der Waals surface area contributed by atoms with E-state index in [-0.39, 0.29) is 18.2 Å². The molecule has 0 saturated carbocycles. The Bertz CT molecular complexity index is 375. The van der Waals surface area contributed by atoms with Crippen molar-refractivity contribution < 1.29 is 14.7 Å². The molecule has 0 rings (SSSR count). The van der Waals surface area contributed by atoms with Crippen LogP contribution in [-0.4, -0.2) is 35.0 Å². The summed E-state index contributed by atoms with van der Waals surface area (Å²) >= 11 is 0. The highest BCUT2D eigenvalue weighted by molar-refractivity contribution is 5.83. The Kier molecular flexibility index (Phi) is 15.3. The largest absolute Gasteiger partial charge is 0.481 e. The molecule has 1 amide bonds. The third-order valence-electron chi connectivity index (χ3n) is 4.66. The molecule has 1 unspecified atom stereocenters. The number of allylic oxidation sites excluding steroid dienone is 2. The molecule has 0 spiro atoms. The Balaban J connectivity index is 3.98. The summed E-state index contributed by atoms with van der Waals surface area (Å²) in [7, 11) is 0. The highest BCUT2D eigenvalue weighted by atomic mass is 16.4. The van der Waals surface area contributed by atoms with Gasteiger partial charge >= 0.3 is 5.97 Å². The second kappa shape index (κ2) is 16.2. The first-order valence-corrected chi connectivity index (χ1v) is 10.2. The lowest BCUT2D eigenvalue weighted by Crippen LogP contribution is -2.36. The van der Waals surface area contributed by atoms with Gasteiger partial charge in [-0.1, -0.05) is 51.2 Å². The second-order valence-corrected chi connectivity index (χ2v) is 6.76. The quantitative estimate of drug-likeness (QED) is 0.297. The molecule has 0 aromatic carbocycles. The number of aliphatic carboxylic acids is 1. The Hall–Kier alpha value is -1.32. The molecular weight excluding hydrogens is 314 g/mol. The van der Waals surface area contributed by atoms with Crippen LogP contribution in [0.4, 0.5) is 0 Å². The van der Waals surface area contributed by atoms with Crippen LogP contribution in [0.25, 0.3) is 0 Å². The molecular formula is C21H39NO3. The van der Waals surface area contributed by atoms with Crippen molar-refractivity contribution >= 4 is 11.9 Å². The smallest absolute Gasteiger partial charge is 0.304 e. The molecule has 1 N–H and O–H groups in total. The van der Waals surface area contributed by atoms with E-state index in [0.717, 1.165) is 25.7 Å². The average molecular weight is 354 g/mol. The van der Waals surface area contributed by atoms with Crippen molar-refractivity contribution in [3.63, 3.8) is 0 Å². The third-order valence-corrected chi connectivity index (χ3v) is 4.66. The van der Waals surface area contributed by atoms with E-state index in [1.165, 1.54) is 32.1 Å². The summed E-state index contributed by atoms with van der Waals surface area (Å²) < 4.78 is 0. The molecule has 4 nitrogen and oxygen atoms in total. The molecule has 0 radical (unpaired) electrons. The predicted molar refractivity (Wildman–Crippen MR) is 105 cm³/mol. The van der Waals surface area contributed by atoms with E-state index in [9.17, 15) is 9.59 Å². The Labute approximate surface area is 154 Å². The van der Waals surface area contributed by atoms with Crippen LogP contribution in [0.15, 0.2) is 12.2 Å². The highest BCUT2D eigenvalue weighted by Gasteiger charge is 2.24. The van der Waals surface area contributed by atoms with Crippen molar-refractivity contribution in [3.8, 4) is 0 Å². The molecule has 25 heavy (non-hydrogen) atoms. The SMILES string of the molecule is CCCCCCC/C=C/CCCCC(CC(=O)O)C(=O)N(CC)CC. The normalized spacial score (nSPS) is 12.4. The van der Waals surface area contributed by atoms with Crippen LogP contribution in [0, 0.1) is 5.92 Å². The van der Waals surface area contributed by atoms with E-state index in [0.29, 0.717) is 19.5 Å². The van der Waals surface area contributed by atoms with Gasteiger partial charge in [-0.15, -0.1) is 0 Å². The fraction of sp³-hybridized carbons (Fsp3) is 0.810. The monoisotopic (exact) mass is 353 g/mol. The minimum Gasteiger partial charge on any atom is -0.481 e. The van der Waals surface area contributed by atoms with Gasteiger partial charge in [0.1, 0.15) is 0 Å². The maximum Gasteiger partial charge on any atom is 0.304 e. The van der Waals surface area contributed by atoms with Gasteiger partial charge in [0.25, 0.3) is 0 Å². The molecule has 0 fully saturated rings. The zero-order valence-corrected chi connectivity index (χ0v) is 16.6. The van der Waals surface area contributed by atoms with E-state index in [2.05, 4.69) is 19.1 Å². The van der Waals surface area contributed by atoms with Gasteiger partial charge in [-0.2, -0.15) is 0 Å². The lowest BCUT2D eigenvalue weighted by Gasteiger charge is -2.24. The highest BCUT2D eigenvalue weighted by Crippen LogP contribution is 2.17. The molecule has 146 valence electrons. The van der Waals surface area contributed by atoms with Gasteiger partial charge in [0, 0.05) is 19.0 Å². The number of hydrogen-bond acceptors (Lipinski definition) is 2. The van der Waals surface area contributed by atoms with Crippen molar-refractivity contribution in [1.82, 2.24) is 4.90 Å². The summed E-state index contributed by atoms with van der Waals surface area (Å²) in [5.41, 5.74) is 0. The summed E-state index contributed by atoms with van der Waals surface area (Å²) in [5, 5.41) is 9.06. The van der Waals surface area contributed by atoms with Crippen LogP contribution in [0.1, 0.15) is 91.4 Å². The molecule has 0 bridgehead atoms. The van der Waals surface area contributed by atoms with Gasteiger partial charge in [0.2, 0.25) is 5.91 Å². The molecule has 4 heteroatoms. The Morgan fingerprint density at radius 3 is 1.96 bits per heavy atom. The number of rotatable bonds is 16. The van der Waals surface area contributed by atoms with Crippen LogP contribution in [-0.2, 0) is 9.59 Å². The van der Waals surface area contributed by atoms with Crippen molar-refractivity contribution in [2.75, 3.05) is 13.1 Å². The van der Waals surface area contributed by atoms with Gasteiger partial charge in [-0.05, 0) is 46.0 Å². The van der Waals surface area contributed by atoms with Gasteiger partial charge in [0.15, 0.2) is 0 Å². The lowest BCUT2D eigenvalue weighted by molar-refractivity contribution is -0.144. The van der Waals surface area contributed by atoms with E-state index in [1.54, 1.807) is 4.90 Å². The van der Waals surface area contributed by atoms with E-state index in [1.807, 2.05) is 13.8 Å². The first kappa shape index (κ1) is 23.7. The minimum atomic E-state index is -0.881. The van der Waals surface area contributed by atoms with E-state index < -0.39 is 5.97 Å².